The van der Waals surface area contributed by atoms with Gasteiger partial charge in [-0.2, -0.15) is 0 Å². The monoisotopic (exact) mass is 279 g/mol. The topological polar surface area (TPSA) is 90.8 Å². The van der Waals surface area contributed by atoms with E-state index in [1.165, 1.54) is 0 Å². The number of ether oxygens (including phenoxy) is 2. The van der Waals surface area contributed by atoms with E-state index in [4.69, 9.17) is 20.9 Å². The summed E-state index contributed by atoms with van der Waals surface area (Å²) in [5.41, 5.74) is 12.9. The van der Waals surface area contributed by atoms with Crippen LogP contribution in [0.1, 0.15) is 19.4 Å². The van der Waals surface area contributed by atoms with Gasteiger partial charge in [0.15, 0.2) is 11.5 Å². The van der Waals surface area contributed by atoms with E-state index in [-0.39, 0.29) is 18.5 Å². The number of anilines is 1. The maximum Gasteiger partial charge on any atom is 0.231 e. The molecule has 2 rings (SSSR count). The van der Waals surface area contributed by atoms with Gasteiger partial charge in [-0.1, -0.05) is 0 Å². The first-order valence-corrected chi connectivity index (χ1v) is 6.67. The minimum atomic E-state index is -0.352. The average molecular weight is 279 g/mol. The summed E-state index contributed by atoms with van der Waals surface area (Å²) in [5, 5.41) is 0. The number of nitrogen functional groups attached to an aromatic ring is 1. The summed E-state index contributed by atoms with van der Waals surface area (Å²) in [6, 6.07) is 3.84. The first-order chi connectivity index (χ1) is 9.47. The Morgan fingerprint density at radius 3 is 2.45 bits per heavy atom. The molecule has 6 nitrogen and oxygen atoms in total. The van der Waals surface area contributed by atoms with Crippen molar-refractivity contribution < 1.29 is 14.3 Å². The van der Waals surface area contributed by atoms with Crippen molar-refractivity contribution in [3.63, 3.8) is 0 Å². The van der Waals surface area contributed by atoms with Crippen molar-refractivity contribution in [3.05, 3.63) is 17.7 Å². The Morgan fingerprint density at radius 2 is 1.90 bits per heavy atom. The largest absolute Gasteiger partial charge is 0.486 e. The normalized spacial score (nSPS) is 13.8. The van der Waals surface area contributed by atoms with E-state index >= 15 is 0 Å². The summed E-state index contributed by atoms with van der Waals surface area (Å²) >= 11 is 0. The van der Waals surface area contributed by atoms with Gasteiger partial charge in [0.25, 0.3) is 0 Å². The average Bonchev–Trinajstić information content (AvgIpc) is 2.38. The molecule has 1 aromatic rings. The van der Waals surface area contributed by atoms with Crippen molar-refractivity contribution in [3.8, 4) is 11.5 Å². The third kappa shape index (κ3) is 3.33. The van der Waals surface area contributed by atoms with Gasteiger partial charge < -0.3 is 20.9 Å². The van der Waals surface area contributed by atoms with Gasteiger partial charge in [0.1, 0.15) is 13.2 Å². The summed E-state index contributed by atoms with van der Waals surface area (Å²) in [5.74, 6) is 1.02. The fourth-order valence-corrected chi connectivity index (χ4v) is 2.12. The van der Waals surface area contributed by atoms with E-state index in [0.29, 0.717) is 36.9 Å². The zero-order valence-corrected chi connectivity index (χ0v) is 11.9. The molecule has 110 valence electrons. The second-order valence-corrected chi connectivity index (χ2v) is 5.16. The van der Waals surface area contributed by atoms with Crippen LogP contribution in [0.3, 0.4) is 0 Å². The molecule has 4 N–H and O–H groups in total. The van der Waals surface area contributed by atoms with Crippen molar-refractivity contribution in [2.24, 2.45) is 5.73 Å². The molecule has 1 aromatic carbocycles. The van der Waals surface area contributed by atoms with Gasteiger partial charge in [-0.15, -0.1) is 0 Å². The predicted molar refractivity (Wildman–Crippen MR) is 76.6 cm³/mol. The molecule has 0 saturated carbocycles. The summed E-state index contributed by atoms with van der Waals surface area (Å²) in [6.45, 7) is 5.83. The molecular weight excluding hydrogens is 258 g/mol. The maximum absolute atomic E-state index is 11.1. The number of carbonyl (C=O) groups is 1. The predicted octanol–water partition coefficient (Wildman–Crippen LogP) is 0.736. The maximum atomic E-state index is 11.1. The number of hydrogen-bond donors (Lipinski definition) is 2. The molecule has 6 heteroatoms. The Hall–Kier alpha value is -1.95. The Morgan fingerprint density at radius 1 is 1.30 bits per heavy atom. The molecule has 1 aliphatic rings. The fourth-order valence-electron chi connectivity index (χ4n) is 2.12. The van der Waals surface area contributed by atoms with E-state index in [1.807, 2.05) is 24.8 Å². The van der Waals surface area contributed by atoms with Crippen LogP contribution in [0.25, 0.3) is 0 Å². The Balaban J connectivity index is 2.21. The minimum Gasteiger partial charge on any atom is -0.486 e. The molecule has 1 heterocycles. The van der Waals surface area contributed by atoms with E-state index in [0.717, 1.165) is 5.56 Å². The third-order valence-corrected chi connectivity index (χ3v) is 3.27. The quantitative estimate of drug-likeness (QED) is 0.776. The van der Waals surface area contributed by atoms with Gasteiger partial charge >= 0.3 is 0 Å². The van der Waals surface area contributed by atoms with Crippen LogP contribution in [0.4, 0.5) is 5.69 Å². The summed E-state index contributed by atoms with van der Waals surface area (Å²) in [7, 11) is 0. The third-order valence-electron chi connectivity index (χ3n) is 3.27. The van der Waals surface area contributed by atoms with Crippen molar-refractivity contribution in [2.45, 2.75) is 26.4 Å². The van der Waals surface area contributed by atoms with Crippen LogP contribution in [-0.4, -0.2) is 36.6 Å². The van der Waals surface area contributed by atoms with Gasteiger partial charge in [0.2, 0.25) is 5.91 Å². The molecule has 1 aliphatic heterocycles. The van der Waals surface area contributed by atoms with Crippen LogP contribution in [0.5, 0.6) is 11.5 Å². The molecule has 0 atom stereocenters. The number of nitrogens with two attached hydrogens (primary N) is 2. The van der Waals surface area contributed by atoms with Crippen molar-refractivity contribution in [1.29, 1.82) is 0 Å². The van der Waals surface area contributed by atoms with E-state index in [9.17, 15) is 4.79 Å². The van der Waals surface area contributed by atoms with Gasteiger partial charge in [-0.25, -0.2) is 0 Å². The van der Waals surface area contributed by atoms with Crippen molar-refractivity contribution in [1.82, 2.24) is 4.90 Å². The molecule has 0 fully saturated rings. The van der Waals surface area contributed by atoms with Crippen LogP contribution in [0.15, 0.2) is 12.1 Å². The molecule has 1 amide bonds. The smallest absolute Gasteiger partial charge is 0.231 e. The molecule has 0 spiro atoms. The molecule has 0 bridgehead atoms. The lowest BCUT2D eigenvalue weighted by Gasteiger charge is -2.27. The Labute approximate surface area is 118 Å². The number of fused-ring (bicyclic) bond motifs is 1. The molecule has 0 aromatic heterocycles. The van der Waals surface area contributed by atoms with Crippen LogP contribution in [-0.2, 0) is 11.3 Å². The SMILES string of the molecule is CC(C)N(CC(N)=O)Cc1cc2c(cc1N)OCCO2. The zero-order chi connectivity index (χ0) is 14.7. The highest BCUT2D eigenvalue weighted by Gasteiger charge is 2.18. The zero-order valence-electron chi connectivity index (χ0n) is 11.9. The molecular formula is C14H21N3O3. The summed E-state index contributed by atoms with van der Waals surface area (Å²) in [6.07, 6.45) is 0. The standard InChI is InChI=1S/C14H21N3O3/c1-9(2)17(8-14(16)18)7-10-5-12-13(6-11(10)15)20-4-3-19-12/h5-6,9H,3-4,7-8,15H2,1-2H3,(H2,16,18). The van der Waals surface area contributed by atoms with Crippen LogP contribution >= 0.6 is 0 Å². The number of primary amides is 1. The summed E-state index contributed by atoms with van der Waals surface area (Å²) in [4.78, 5) is 13.1. The highest BCUT2D eigenvalue weighted by atomic mass is 16.6. The van der Waals surface area contributed by atoms with Crippen LogP contribution < -0.4 is 20.9 Å². The first kappa shape index (κ1) is 14.5. The van der Waals surface area contributed by atoms with Gasteiger partial charge in [0.05, 0.1) is 6.54 Å². The summed E-state index contributed by atoms with van der Waals surface area (Å²) < 4.78 is 11.0. The lowest BCUT2D eigenvalue weighted by atomic mass is 10.1. The molecule has 0 aliphatic carbocycles. The number of hydrogen-bond acceptors (Lipinski definition) is 5. The highest BCUT2D eigenvalue weighted by Crippen LogP contribution is 2.35. The van der Waals surface area contributed by atoms with Crippen molar-refractivity contribution >= 4 is 11.6 Å². The molecule has 0 radical (unpaired) electrons. The Bertz CT molecular complexity index is 503. The number of benzene rings is 1. The van der Waals surface area contributed by atoms with Crippen LogP contribution in [0, 0.1) is 0 Å². The van der Waals surface area contributed by atoms with E-state index < -0.39 is 0 Å². The van der Waals surface area contributed by atoms with Gasteiger partial charge in [-0.3, -0.25) is 9.69 Å². The molecule has 0 unspecified atom stereocenters. The number of amides is 1. The number of nitrogens with zero attached hydrogens (tertiary/aromatic N) is 1. The highest BCUT2D eigenvalue weighted by molar-refractivity contribution is 5.76. The van der Waals surface area contributed by atoms with E-state index in [2.05, 4.69) is 0 Å². The molecule has 20 heavy (non-hydrogen) atoms. The van der Waals surface area contributed by atoms with Crippen molar-refractivity contribution in [2.75, 3.05) is 25.5 Å². The lowest BCUT2D eigenvalue weighted by Crippen LogP contribution is -2.38. The molecule has 0 saturated heterocycles. The minimum absolute atomic E-state index is 0.190. The lowest BCUT2D eigenvalue weighted by molar-refractivity contribution is -0.119. The van der Waals surface area contributed by atoms with E-state index in [1.54, 1.807) is 6.07 Å². The second kappa shape index (κ2) is 6.00. The van der Waals surface area contributed by atoms with Gasteiger partial charge in [0, 0.05) is 24.3 Å². The Kier molecular flexibility index (Phi) is 4.34. The fraction of sp³-hybridized carbons (Fsp3) is 0.500. The first-order valence-electron chi connectivity index (χ1n) is 6.67. The van der Waals surface area contributed by atoms with Gasteiger partial charge in [-0.05, 0) is 25.5 Å². The second-order valence-electron chi connectivity index (χ2n) is 5.16. The van der Waals surface area contributed by atoms with Crippen LogP contribution in [0.2, 0.25) is 0 Å². The number of carbonyl (C=O) groups excluding carboxylic acids is 1. The number of rotatable bonds is 5.